The minimum absolute atomic E-state index is 0.757. The van der Waals surface area contributed by atoms with E-state index in [1.54, 1.807) is 0 Å². The molecule has 0 radical (unpaired) electrons. The Morgan fingerprint density at radius 3 is 2.35 bits per heavy atom. The molecule has 1 heterocycles. The lowest BCUT2D eigenvalue weighted by atomic mass is 10.2. The van der Waals surface area contributed by atoms with Crippen molar-refractivity contribution in [1.29, 1.82) is 0 Å². The summed E-state index contributed by atoms with van der Waals surface area (Å²) in [6.45, 7) is 11.3. The zero-order chi connectivity index (χ0) is 16.7. The van der Waals surface area contributed by atoms with Crippen LogP contribution in [0.2, 0.25) is 5.02 Å². The number of imidazole rings is 1. The van der Waals surface area contributed by atoms with Crippen LogP contribution < -0.4 is 0 Å². The maximum atomic E-state index is 6.07. The summed E-state index contributed by atoms with van der Waals surface area (Å²) in [7, 11) is 0. The summed E-state index contributed by atoms with van der Waals surface area (Å²) in [6, 6.07) is 6.00. The molecule has 0 atom stereocenters. The van der Waals surface area contributed by atoms with Crippen LogP contribution in [0.25, 0.3) is 11.0 Å². The van der Waals surface area contributed by atoms with Gasteiger partial charge in [-0.05, 0) is 64.0 Å². The molecule has 0 saturated carbocycles. The van der Waals surface area contributed by atoms with Crippen LogP contribution in [0.4, 0.5) is 0 Å². The van der Waals surface area contributed by atoms with Crippen molar-refractivity contribution in [3.63, 3.8) is 0 Å². The average molecular weight is 336 g/mol. The Labute approximate surface area is 145 Å². The van der Waals surface area contributed by atoms with Crippen LogP contribution in [0.15, 0.2) is 18.2 Å². The molecule has 0 amide bonds. The second-order valence-corrected chi connectivity index (χ2v) is 6.78. The van der Waals surface area contributed by atoms with Gasteiger partial charge in [-0.15, -0.1) is 0 Å². The number of benzene rings is 1. The number of nitrogens with zero attached hydrogens (tertiary/aromatic N) is 3. The maximum Gasteiger partial charge on any atom is 0.106 e. The molecule has 0 bridgehead atoms. The van der Waals surface area contributed by atoms with Gasteiger partial charge in [0.15, 0.2) is 0 Å². The molecule has 2 aromatic rings. The monoisotopic (exact) mass is 335 g/mol. The molecule has 3 nitrogen and oxygen atoms in total. The van der Waals surface area contributed by atoms with Crippen LogP contribution in [-0.4, -0.2) is 34.1 Å². The highest BCUT2D eigenvalue weighted by atomic mass is 35.5. The van der Waals surface area contributed by atoms with Gasteiger partial charge in [0, 0.05) is 11.6 Å². The van der Waals surface area contributed by atoms with Crippen LogP contribution in [0.1, 0.15) is 51.8 Å². The van der Waals surface area contributed by atoms with E-state index in [9.17, 15) is 0 Å². The van der Waals surface area contributed by atoms with Gasteiger partial charge in [-0.1, -0.05) is 38.3 Å². The highest BCUT2D eigenvalue weighted by Gasteiger charge is 2.09. The van der Waals surface area contributed by atoms with Crippen LogP contribution in [-0.2, 0) is 6.54 Å². The predicted molar refractivity (Wildman–Crippen MR) is 100 cm³/mol. The van der Waals surface area contributed by atoms with Crippen molar-refractivity contribution < 1.29 is 0 Å². The first kappa shape index (κ1) is 18.3. The lowest BCUT2D eigenvalue weighted by molar-refractivity contribution is 0.257. The van der Waals surface area contributed by atoms with Gasteiger partial charge in [0.1, 0.15) is 5.82 Å². The zero-order valence-corrected chi connectivity index (χ0v) is 15.6. The first-order chi connectivity index (χ1) is 11.2. The van der Waals surface area contributed by atoms with Crippen molar-refractivity contribution in [2.24, 2.45) is 0 Å². The van der Waals surface area contributed by atoms with E-state index in [1.807, 2.05) is 12.1 Å². The fourth-order valence-electron chi connectivity index (χ4n) is 3.06. The summed E-state index contributed by atoms with van der Waals surface area (Å²) < 4.78 is 2.32. The average Bonchev–Trinajstić information content (AvgIpc) is 2.84. The summed E-state index contributed by atoms with van der Waals surface area (Å²) in [5.74, 6) is 1.08. The number of aromatic nitrogens is 2. The smallest absolute Gasteiger partial charge is 0.106 e. The Hall–Kier alpha value is -1.06. The maximum absolute atomic E-state index is 6.07. The molecule has 4 heteroatoms. The van der Waals surface area contributed by atoms with E-state index in [4.69, 9.17) is 11.6 Å². The number of aryl methyl sites for hydroxylation is 2. The van der Waals surface area contributed by atoms with Gasteiger partial charge in [-0.2, -0.15) is 0 Å². The van der Waals surface area contributed by atoms with Gasteiger partial charge in [-0.25, -0.2) is 4.98 Å². The van der Waals surface area contributed by atoms with Gasteiger partial charge >= 0.3 is 0 Å². The molecule has 0 spiro atoms. The fraction of sp³-hybridized carbons (Fsp3) is 0.632. The third kappa shape index (κ3) is 5.22. The number of fused-ring (bicyclic) bond motifs is 1. The molecule has 0 aliphatic rings. The molecule has 1 aromatic carbocycles. The Kier molecular flexibility index (Phi) is 7.38. The quantitative estimate of drug-likeness (QED) is 0.588. The topological polar surface area (TPSA) is 21.1 Å². The second kappa shape index (κ2) is 9.29. The number of hydrogen-bond acceptors (Lipinski definition) is 2. The van der Waals surface area contributed by atoms with E-state index in [0.29, 0.717) is 0 Å². The van der Waals surface area contributed by atoms with Crippen LogP contribution >= 0.6 is 11.6 Å². The van der Waals surface area contributed by atoms with Gasteiger partial charge < -0.3 is 9.47 Å². The van der Waals surface area contributed by atoms with Gasteiger partial charge in [0.2, 0.25) is 0 Å². The summed E-state index contributed by atoms with van der Waals surface area (Å²) in [5, 5.41) is 0.757. The number of rotatable bonds is 10. The third-order valence-corrected chi connectivity index (χ3v) is 4.65. The second-order valence-electron chi connectivity index (χ2n) is 6.35. The van der Waals surface area contributed by atoms with Gasteiger partial charge in [-0.3, -0.25) is 0 Å². The highest BCUT2D eigenvalue weighted by Crippen LogP contribution is 2.20. The van der Waals surface area contributed by atoms with E-state index >= 15 is 0 Å². The largest absolute Gasteiger partial charge is 0.328 e. The molecule has 0 aliphatic carbocycles. The van der Waals surface area contributed by atoms with Gasteiger partial charge in [0.25, 0.3) is 0 Å². The molecule has 23 heavy (non-hydrogen) atoms. The fourth-order valence-corrected chi connectivity index (χ4v) is 3.22. The van der Waals surface area contributed by atoms with Crippen molar-refractivity contribution in [2.45, 2.75) is 59.4 Å². The Balaban J connectivity index is 1.95. The Morgan fingerprint density at radius 2 is 1.70 bits per heavy atom. The lowest BCUT2D eigenvalue weighted by Gasteiger charge is -2.22. The minimum Gasteiger partial charge on any atom is -0.328 e. The summed E-state index contributed by atoms with van der Waals surface area (Å²) >= 11 is 6.07. The Morgan fingerprint density at radius 1 is 1.04 bits per heavy atom. The van der Waals surface area contributed by atoms with Gasteiger partial charge in [0.05, 0.1) is 11.0 Å². The van der Waals surface area contributed by atoms with Crippen LogP contribution in [0.3, 0.4) is 0 Å². The summed E-state index contributed by atoms with van der Waals surface area (Å²) in [6.07, 6.45) is 6.32. The first-order valence-corrected chi connectivity index (χ1v) is 9.38. The van der Waals surface area contributed by atoms with Crippen molar-refractivity contribution in [1.82, 2.24) is 14.5 Å². The van der Waals surface area contributed by atoms with E-state index in [-0.39, 0.29) is 0 Å². The summed E-state index contributed by atoms with van der Waals surface area (Å²) in [4.78, 5) is 7.26. The molecular formula is C19H30ClN3. The van der Waals surface area contributed by atoms with Crippen LogP contribution in [0.5, 0.6) is 0 Å². The van der Waals surface area contributed by atoms with Crippen molar-refractivity contribution in [2.75, 3.05) is 19.6 Å². The van der Waals surface area contributed by atoms with Crippen molar-refractivity contribution in [3.8, 4) is 0 Å². The molecule has 0 unspecified atom stereocenters. The minimum atomic E-state index is 0.757. The molecule has 0 fully saturated rings. The molecule has 128 valence electrons. The molecule has 0 aliphatic heterocycles. The lowest BCUT2D eigenvalue weighted by Crippen LogP contribution is -2.28. The Bertz CT molecular complexity index is 598. The molecule has 2 rings (SSSR count). The molecule has 1 aromatic heterocycles. The third-order valence-electron chi connectivity index (χ3n) is 4.41. The first-order valence-electron chi connectivity index (χ1n) is 9.00. The molecular weight excluding hydrogens is 306 g/mol. The zero-order valence-electron chi connectivity index (χ0n) is 14.8. The predicted octanol–water partition coefficient (Wildman–Crippen LogP) is 5.29. The van der Waals surface area contributed by atoms with E-state index < -0.39 is 0 Å². The highest BCUT2D eigenvalue weighted by molar-refractivity contribution is 6.31. The van der Waals surface area contributed by atoms with E-state index in [2.05, 4.69) is 41.3 Å². The number of hydrogen-bond donors (Lipinski definition) is 0. The van der Waals surface area contributed by atoms with Crippen molar-refractivity contribution >= 4 is 22.6 Å². The van der Waals surface area contributed by atoms with E-state index in [0.717, 1.165) is 22.9 Å². The molecule has 0 saturated heterocycles. The molecule has 0 N–H and O–H groups in total. The van der Waals surface area contributed by atoms with E-state index in [1.165, 1.54) is 57.3 Å². The number of halogens is 1. The van der Waals surface area contributed by atoms with Crippen LogP contribution in [0, 0.1) is 6.92 Å². The standard InChI is InChI=1S/C19H30ClN3/c1-4-6-11-22(12-7-5-2)13-8-14-23-16(3)21-18-15-17(20)9-10-19(18)23/h9-10,15H,4-8,11-14H2,1-3H3. The number of unbranched alkanes of at least 4 members (excludes halogenated alkanes) is 2. The SMILES string of the molecule is CCCCN(CCCC)CCCn1c(C)nc2cc(Cl)ccc21. The normalized spacial score (nSPS) is 11.7. The summed E-state index contributed by atoms with van der Waals surface area (Å²) in [5.41, 5.74) is 2.20. The van der Waals surface area contributed by atoms with Crippen molar-refractivity contribution in [3.05, 3.63) is 29.0 Å².